The van der Waals surface area contributed by atoms with Crippen LogP contribution in [0.15, 0.2) is 58.3 Å². The monoisotopic (exact) mass is 539 g/mol. The van der Waals surface area contributed by atoms with Crippen molar-refractivity contribution >= 4 is 33.3 Å². The molecular formula is C26H25N3O8S. The van der Waals surface area contributed by atoms with E-state index in [0.717, 1.165) is 12.1 Å². The maximum absolute atomic E-state index is 12.7. The molecule has 198 valence electrons. The molecule has 2 aromatic carbocycles. The number of allylic oxidation sites excluding steroid dienone is 4. The summed E-state index contributed by atoms with van der Waals surface area (Å²) in [6.07, 6.45) is 2.92. The summed E-state index contributed by atoms with van der Waals surface area (Å²) in [6.45, 7) is 3.23. The fourth-order valence-corrected chi connectivity index (χ4v) is 6.95. The number of aryl methyl sites for hydroxylation is 2. The van der Waals surface area contributed by atoms with Gasteiger partial charge in [0.1, 0.15) is 6.29 Å². The Morgan fingerprint density at radius 2 is 1.55 bits per heavy atom. The average molecular weight is 540 g/mol. The number of benzene rings is 2. The number of nitro groups is 2. The second kappa shape index (κ2) is 10.3. The molecule has 12 heteroatoms. The number of nitro benzene ring substituents is 2. The highest BCUT2D eigenvalue weighted by Crippen LogP contribution is 2.47. The van der Waals surface area contributed by atoms with E-state index in [1.165, 1.54) is 24.3 Å². The predicted molar refractivity (Wildman–Crippen MR) is 138 cm³/mol. The van der Waals surface area contributed by atoms with Gasteiger partial charge in [0.25, 0.3) is 11.4 Å². The van der Waals surface area contributed by atoms with Crippen molar-refractivity contribution in [3.8, 4) is 0 Å². The van der Waals surface area contributed by atoms with E-state index in [-0.39, 0.29) is 27.8 Å². The van der Waals surface area contributed by atoms with Gasteiger partial charge in [0, 0.05) is 58.6 Å². The van der Waals surface area contributed by atoms with Gasteiger partial charge in [-0.25, -0.2) is 8.42 Å². The van der Waals surface area contributed by atoms with Gasteiger partial charge in [-0.3, -0.25) is 29.8 Å². The van der Waals surface area contributed by atoms with Gasteiger partial charge < -0.3 is 5.32 Å². The van der Waals surface area contributed by atoms with Crippen LogP contribution in [-0.2, 0) is 14.6 Å². The Bertz CT molecular complexity index is 1560. The Morgan fingerprint density at radius 3 is 2.13 bits per heavy atom. The van der Waals surface area contributed by atoms with Gasteiger partial charge in [0.15, 0.2) is 15.6 Å². The number of hydrogen-bond acceptors (Lipinski definition) is 9. The van der Waals surface area contributed by atoms with E-state index >= 15 is 0 Å². The summed E-state index contributed by atoms with van der Waals surface area (Å²) in [5.74, 6) is -0.684. The van der Waals surface area contributed by atoms with Crippen LogP contribution in [0, 0.1) is 34.1 Å². The van der Waals surface area contributed by atoms with Gasteiger partial charge >= 0.3 is 0 Å². The van der Waals surface area contributed by atoms with Gasteiger partial charge in [0.05, 0.1) is 26.4 Å². The van der Waals surface area contributed by atoms with Crippen molar-refractivity contribution in [1.82, 2.24) is 5.32 Å². The zero-order valence-electron chi connectivity index (χ0n) is 20.7. The lowest BCUT2D eigenvalue weighted by Gasteiger charge is -2.33. The number of dihydropyridines is 1. The first-order chi connectivity index (χ1) is 17.9. The van der Waals surface area contributed by atoms with Crippen molar-refractivity contribution in [2.75, 3.05) is 5.75 Å². The van der Waals surface area contributed by atoms with E-state index in [1.54, 1.807) is 26.0 Å². The lowest BCUT2D eigenvalue weighted by molar-refractivity contribution is -0.385. The second-order valence-corrected chi connectivity index (χ2v) is 11.4. The molecule has 0 bridgehead atoms. The van der Waals surface area contributed by atoms with E-state index in [0.29, 0.717) is 59.1 Å². The number of carbonyl (C=O) groups is 2. The Labute approximate surface area is 218 Å². The van der Waals surface area contributed by atoms with Gasteiger partial charge in [-0.1, -0.05) is 6.07 Å². The van der Waals surface area contributed by atoms with Crippen molar-refractivity contribution in [2.24, 2.45) is 0 Å². The van der Waals surface area contributed by atoms with Crippen LogP contribution in [0.4, 0.5) is 11.4 Å². The molecule has 0 radical (unpaired) electrons. The summed E-state index contributed by atoms with van der Waals surface area (Å²) in [4.78, 5) is 43.7. The molecule has 0 saturated carbocycles. The molecule has 38 heavy (non-hydrogen) atoms. The molecule has 2 aliphatic heterocycles. The van der Waals surface area contributed by atoms with Gasteiger partial charge in [-0.15, -0.1) is 0 Å². The molecule has 0 aromatic heterocycles. The predicted octanol–water partition coefficient (Wildman–Crippen LogP) is 4.34. The van der Waals surface area contributed by atoms with E-state index in [9.17, 15) is 38.2 Å². The van der Waals surface area contributed by atoms with E-state index in [2.05, 4.69) is 5.32 Å². The highest BCUT2D eigenvalue weighted by molar-refractivity contribution is 7.95. The standard InChI is InChI=1S/C18H18N2O5S.C8H7NO3/c1-10-9-11(5-6-14(10)20(22)23)16-17-12(3-2-4-15(17)21)19-13-7-8-26(24,25)18(13)16;1-6-4-7(5-10)2-3-8(6)9(11)12/h5-6,9,16,19H,2-4,7-8H2,1H3;2-5H,1H3. The summed E-state index contributed by atoms with van der Waals surface area (Å²) in [5, 5.41) is 24.6. The maximum atomic E-state index is 12.7. The minimum Gasteiger partial charge on any atom is -0.361 e. The van der Waals surface area contributed by atoms with Crippen molar-refractivity contribution in [3.05, 3.63) is 101 Å². The Morgan fingerprint density at radius 1 is 0.921 bits per heavy atom. The minimum atomic E-state index is -3.46. The molecule has 0 spiro atoms. The molecule has 11 nitrogen and oxygen atoms in total. The number of hydrogen-bond donors (Lipinski definition) is 1. The number of rotatable bonds is 4. The molecule has 0 saturated heterocycles. The number of Topliss-reactive ketones (excluding diaryl/α,β-unsaturated/α-hetero) is 1. The van der Waals surface area contributed by atoms with Crippen LogP contribution in [0.2, 0.25) is 0 Å². The topological polar surface area (TPSA) is 167 Å². The molecule has 1 unspecified atom stereocenters. The van der Waals surface area contributed by atoms with Crippen LogP contribution >= 0.6 is 0 Å². The summed E-state index contributed by atoms with van der Waals surface area (Å²) >= 11 is 0. The van der Waals surface area contributed by atoms with E-state index < -0.39 is 25.6 Å². The first kappa shape index (κ1) is 26.9. The van der Waals surface area contributed by atoms with Crippen molar-refractivity contribution in [1.29, 1.82) is 0 Å². The first-order valence-electron chi connectivity index (χ1n) is 11.9. The Balaban J connectivity index is 0.000000236. The fourth-order valence-electron chi connectivity index (χ4n) is 5.11. The molecule has 5 rings (SSSR count). The molecule has 3 aliphatic rings. The number of sulfone groups is 1. The maximum Gasteiger partial charge on any atom is 0.272 e. The van der Waals surface area contributed by atoms with Gasteiger partial charge in [-0.2, -0.15) is 0 Å². The highest BCUT2D eigenvalue weighted by atomic mass is 32.2. The normalized spacial score (nSPS) is 19.5. The summed E-state index contributed by atoms with van der Waals surface area (Å²) in [5.41, 5.74) is 4.04. The number of ketones is 1. The SMILES string of the molecule is Cc1cc(C2C3=C(CCCC3=O)NC3=C2S(=O)(=O)CC3)ccc1[N+](=O)[O-].Cc1cc(C=O)ccc1[N+](=O)[O-]. The van der Waals surface area contributed by atoms with Crippen molar-refractivity contribution < 1.29 is 27.9 Å². The summed E-state index contributed by atoms with van der Waals surface area (Å²) in [6, 6.07) is 8.86. The van der Waals surface area contributed by atoms with Crippen LogP contribution in [-0.4, -0.2) is 36.1 Å². The molecular weight excluding hydrogens is 514 g/mol. The third-order valence-electron chi connectivity index (χ3n) is 6.87. The Kier molecular flexibility index (Phi) is 7.27. The van der Waals surface area contributed by atoms with Crippen LogP contribution in [0.5, 0.6) is 0 Å². The molecule has 2 aromatic rings. The minimum absolute atomic E-state index is 0.0182. The number of nitrogens with zero attached hydrogens (tertiary/aromatic N) is 2. The first-order valence-corrected chi connectivity index (χ1v) is 13.5. The third-order valence-corrected chi connectivity index (χ3v) is 8.76. The van der Waals surface area contributed by atoms with Crippen molar-refractivity contribution in [2.45, 2.75) is 45.4 Å². The number of carbonyl (C=O) groups excluding carboxylic acids is 2. The van der Waals surface area contributed by atoms with Gasteiger partial charge in [0.2, 0.25) is 0 Å². The van der Waals surface area contributed by atoms with Crippen LogP contribution in [0.1, 0.15) is 58.6 Å². The molecule has 2 heterocycles. The quantitative estimate of drug-likeness (QED) is 0.337. The average Bonchev–Trinajstić information content (AvgIpc) is 3.16. The molecule has 1 N–H and O–H groups in total. The third kappa shape index (κ3) is 4.99. The lowest BCUT2D eigenvalue weighted by Crippen LogP contribution is -2.32. The summed E-state index contributed by atoms with van der Waals surface area (Å²) < 4.78 is 25.4. The smallest absolute Gasteiger partial charge is 0.272 e. The zero-order valence-corrected chi connectivity index (χ0v) is 21.5. The van der Waals surface area contributed by atoms with Crippen LogP contribution in [0.25, 0.3) is 0 Å². The zero-order chi connectivity index (χ0) is 27.8. The number of aldehydes is 1. The largest absolute Gasteiger partial charge is 0.361 e. The Hall–Kier alpha value is -4.19. The van der Waals surface area contributed by atoms with E-state index in [4.69, 9.17) is 0 Å². The highest BCUT2D eigenvalue weighted by Gasteiger charge is 2.44. The van der Waals surface area contributed by atoms with Crippen molar-refractivity contribution in [3.63, 3.8) is 0 Å². The summed E-state index contributed by atoms with van der Waals surface area (Å²) in [7, 11) is -3.46. The molecule has 1 atom stereocenters. The van der Waals surface area contributed by atoms with Crippen LogP contribution < -0.4 is 5.32 Å². The van der Waals surface area contributed by atoms with Crippen LogP contribution in [0.3, 0.4) is 0 Å². The lowest BCUT2D eigenvalue weighted by atomic mass is 9.79. The van der Waals surface area contributed by atoms with E-state index in [1.807, 2.05) is 0 Å². The number of nitrogens with one attached hydrogen (secondary N) is 1. The second-order valence-electron chi connectivity index (χ2n) is 9.36. The molecule has 1 aliphatic carbocycles. The van der Waals surface area contributed by atoms with Gasteiger partial charge in [-0.05, 0) is 50.5 Å². The fraction of sp³-hybridized carbons (Fsp3) is 0.308. The molecule has 0 amide bonds. The molecule has 0 fully saturated rings.